The lowest BCUT2D eigenvalue weighted by atomic mass is 10.1. The third-order valence-electron chi connectivity index (χ3n) is 2.50. The number of benzene rings is 1. The molecule has 0 spiro atoms. The average molecular weight is 260 g/mol. The van der Waals surface area contributed by atoms with Gasteiger partial charge < -0.3 is 14.8 Å². The molecule has 0 saturated carbocycles. The molecule has 2 rings (SSSR count). The number of nitrogens with one attached hydrogen (secondary N) is 1. The number of ketones is 1. The minimum Gasteiger partial charge on any atom is -0.494 e. The molecule has 0 aliphatic heterocycles. The van der Waals surface area contributed by atoms with Gasteiger partial charge in [0.05, 0.1) is 12.9 Å². The molecule has 0 atom stereocenters. The molecule has 98 valence electrons. The van der Waals surface area contributed by atoms with Gasteiger partial charge in [-0.3, -0.25) is 4.79 Å². The maximum Gasteiger partial charge on any atom is 0.354 e. The van der Waals surface area contributed by atoms with Crippen LogP contribution >= 0.6 is 0 Å². The Morgan fingerprint density at radius 1 is 1.32 bits per heavy atom. The first-order valence-electron chi connectivity index (χ1n) is 5.67. The normalized spacial score (nSPS) is 10.2. The molecule has 0 aliphatic rings. The van der Waals surface area contributed by atoms with E-state index in [2.05, 4.69) is 9.97 Å². The highest BCUT2D eigenvalue weighted by atomic mass is 16.5. The lowest BCUT2D eigenvalue weighted by Gasteiger charge is -2.03. The minimum absolute atomic E-state index is 0.100. The number of carbonyl (C=O) groups is 2. The number of hydrogen-bond donors (Lipinski definition) is 2. The van der Waals surface area contributed by atoms with Crippen LogP contribution in [0.3, 0.4) is 0 Å². The van der Waals surface area contributed by atoms with E-state index in [4.69, 9.17) is 9.84 Å². The zero-order valence-electron chi connectivity index (χ0n) is 10.2. The molecule has 0 bridgehead atoms. The summed E-state index contributed by atoms with van der Waals surface area (Å²) in [7, 11) is 0. The van der Waals surface area contributed by atoms with E-state index in [-0.39, 0.29) is 11.4 Å². The number of ether oxygens (including phenoxy) is 1. The van der Waals surface area contributed by atoms with Gasteiger partial charge in [0, 0.05) is 5.56 Å². The number of imidazole rings is 1. The van der Waals surface area contributed by atoms with Crippen LogP contribution in [-0.4, -0.2) is 33.4 Å². The molecule has 1 heterocycles. The van der Waals surface area contributed by atoms with Gasteiger partial charge in [0.25, 0.3) is 0 Å². The maximum atomic E-state index is 12.1. The monoisotopic (exact) mass is 260 g/mol. The van der Waals surface area contributed by atoms with Crippen LogP contribution in [0.15, 0.2) is 30.6 Å². The second kappa shape index (κ2) is 5.34. The van der Waals surface area contributed by atoms with E-state index < -0.39 is 11.8 Å². The van der Waals surface area contributed by atoms with Gasteiger partial charge in [0.1, 0.15) is 11.4 Å². The number of carbonyl (C=O) groups excluding carboxylic acids is 1. The average Bonchev–Trinajstić information content (AvgIpc) is 2.88. The summed E-state index contributed by atoms with van der Waals surface area (Å²) in [5.74, 6) is -1.01. The summed E-state index contributed by atoms with van der Waals surface area (Å²) in [6.07, 6.45) is 1.19. The van der Waals surface area contributed by atoms with Crippen LogP contribution in [0.4, 0.5) is 0 Å². The lowest BCUT2D eigenvalue weighted by Crippen LogP contribution is -2.09. The van der Waals surface area contributed by atoms with Crippen LogP contribution in [-0.2, 0) is 0 Å². The molecular weight excluding hydrogens is 248 g/mol. The minimum atomic E-state index is -1.22. The summed E-state index contributed by atoms with van der Waals surface area (Å²) in [5, 5.41) is 8.92. The largest absolute Gasteiger partial charge is 0.494 e. The molecular formula is C13H12N2O4. The summed E-state index contributed by atoms with van der Waals surface area (Å²) in [5.41, 5.74) is 0.0496. The standard InChI is InChI=1S/C13H12N2O4/c1-2-19-9-5-3-8(4-6-9)12(16)10-11(13(17)18)15-7-14-10/h3-7H,2H2,1H3,(H,14,15)(H,17,18). The lowest BCUT2D eigenvalue weighted by molar-refractivity contribution is 0.0687. The predicted molar refractivity (Wildman–Crippen MR) is 66.6 cm³/mol. The predicted octanol–water partition coefficient (Wildman–Crippen LogP) is 1.74. The third kappa shape index (κ3) is 2.62. The fraction of sp³-hybridized carbons (Fsp3) is 0.154. The molecule has 0 fully saturated rings. The molecule has 0 radical (unpaired) electrons. The van der Waals surface area contributed by atoms with E-state index >= 15 is 0 Å². The number of H-pyrrole nitrogens is 1. The van der Waals surface area contributed by atoms with Gasteiger partial charge in [-0.1, -0.05) is 0 Å². The Hall–Kier alpha value is -2.63. The first-order chi connectivity index (χ1) is 9.13. The van der Waals surface area contributed by atoms with Gasteiger partial charge in [-0.2, -0.15) is 0 Å². The molecule has 0 aliphatic carbocycles. The highest BCUT2D eigenvalue weighted by molar-refractivity contribution is 6.12. The van der Waals surface area contributed by atoms with Crippen molar-refractivity contribution in [3.63, 3.8) is 0 Å². The number of carboxylic acid groups (broad SMARTS) is 1. The van der Waals surface area contributed by atoms with Crippen molar-refractivity contribution in [2.75, 3.05) is 6.61 Å². The molecule has 0 saturated heterocycles. The van der Waals surface area contributed by atoms with Gasteiger partial charge in [-0.05, 0) is 31.2 Å². The quantitative estimate of drug-likeness (QED) is 0.799. The molecule has 1 aromatic carbocycles. The molecule has 19 heavy (non-hydrogen) atoms. The van der Waals surface area contributed by atoms with Crippen molar-refractivity contribution in [3.05, 3.63) is 47.5 Å². The zero-order chi connectivity index (χ0) is 13.8. The van der Waals surface area contributed by atoms with Crippen molar-refractivity contribution in [2.45, 2.75) is 6.92 Å². The Bertz CT molecular complexity index is 601. The smallest absolute Gasteiger partial charge is 0.354 e. The van der Waals surface area contributed by atoms with Crippen molar-refractivity contribution in [2.24, 2.45) is 0 Å². The Labute approximate surface area is 109 Å². The van der Waals surface area contributed by atoms with Crippen molar-refractivity contribution in [3.8, 4) is 5.75 Å². The molecule has 6 heteroatoms. The SMILES string of the molecule is CCOc1ccc(C(=O)c2nc[nH]c2C(=O)O)cc1. The molecule has 1 aromatic heterocycles. The first-order valence-corrected chi connectivity index (χ1v) is 5.67. The number of nitrogens with zero attached hydrogens (tertiary/aromatic N) is 1. The Morgan fingerprint density at radius 3 is 2.58 bits per heavy atom. The maximum absolute atomic E-state index is 12.1. The second-order valence-electron chi connectivity index (χ2n) is 3.72. The van der Waals surface area contributed by atoms with Crippen LogP contribution in [0.25, 0.3) is 0 Å². The number of aromatic amines is 1. The van der Waals surface area contributed by atoms with Crippen LogP contribution in [0.2, 0.25) is 0 Å². The van der Waals surface area contributed by atoms with Crippen LogP contribution in [0.5, 0.6) is 5.75 Å². The number of aromatic nitrogens is 2. The van der Waals surface area contributed by atoms with Gasteiger partial charge in [0.15, 0.2) is 5.69 Å². The first kappa shape index (κ1) is 12.8. The molecule has 0 amide bonds. The molecule has 2 aromatic rings. The third-order valence-corrected chi connectivity index (χ3v) is 2.50. The van der Waals surface area contributed by atoms with E-state index in [1.165, 1.54) is 6.33 Å². The number of rotatable bonds is 5. The molecule has 0 unspecified atom stereocenters. The van der Waals surface area contributed by atoms with Crippen molar-refractivity contribution < 1.29 is 19.4 Å². The van der Waals surface area contributed by atoms with Crippen molar-refractivity contribution >= 4 is 11.8 Å². The van der Waals surface area contributed by atoms with E-state index in [0.29, 0.717) is 17.9 Å². The summed E-state index contributed by atoms with van der Waals surface area (Å²) in [6.45, 7) is 2.40. The zero-order valence-corrected chi connectivity index (χ0v) is 10.2. The van der Waals surface area contributed by atoms with Crippen molar-refractivity contribution in [1.29, 1.82) is 0 Å². The van der Waals surface area contributed by atoms with Gasteiger partial charge in [-0.25, -0.2) is 9.78 Å². The topological polar surface area (TPSA) is 92.3 Å². The van der Waals surface area contributed by atoms with Crippen LogP contribution in [0.1, 0.15) is 33.5 Å². The van der Waals surface area contributed by atoms with Crippen LogP contribution < -0.4 is 4.74 Å². The number of carboxylic acids is 1. The van der Waals surface area contributed by atoms with Gasteiger partial charge in [-0.15, -0.1) is 0 Å². The summed E-state index contributed by atoms with van der Waals surface area (Å²) < 4.78 is 5.27. The van der Waals surface area contributed by atoms with E-state index in [9.17, 15) is 9.59 Å². The van der Waals surface area contributed by atoms with Gasteiger partial charge in [0.2, 0.25) is 5.78 Å². The molecule has 2 N–H and O–H groups in total. The Morgan fingerprint density at radius 2 is 2.00 bits per heavy atom. The summed E-state index contributed by atoms with van der Waals surface area (Å²) >= 11 is 0. The fourth-order valence-electron chi connectivity index (χ4n) is 1.64. The Balaban J connectivity index is 2.28. The highest BCUT2D eigenvalue weighted by Crippen LogP contribution is 2.16. The summed E-state index contributed by atoms with van der Waals surface area (Å²) in [6, 6.07) is 6.47. The molecule has 6 nitrogen and oxygen atoms in total. The summed E-state index contributed by atoms with van der Waals surface area (Å²) in [4.78, 5) is 29.2. The van der Waals surface area contributed by atoms with Crippen molar-refractivity contribution in [1.82, 2.24) is 9.97 Å². The van der Waals surface area contributed by atoms with E-state index in [1.54, 1.807) is 24.3 Å². The second-order valence-corrected chi connectivity index (χ2v) is 3.72. The van der Waals surface area contributed by atoms with Crippen LogP contribution in [0, 0.1) is 0 Å². The fourth-order valence-corrected chi connectivity index (χ4v) is 1.64. The van der Waals surface area contributed by atoms with E-state index in [0.717, 1.165) is 0 Å². The van der Waals surface area contributed by atoms with E-state index in [1.807, 2.05) is 6.92 Å². The number of aromatic carboxylic acids is 1. The van der Waals surface area contributed by atoms with Gasteiger partial charge >= 0.3 is 5.97 Å². The Kier molecular flexibility index (Phi) is 3.61. The highest BCUT2D eigenvalue weighted by Gasteiger charge is 2.20. The number of hydrogen-bond acceptors (Lipinski definition) is 4.